The molecular formula is C14H19BrClFN2O2. The van der Waals surface area contributed by atoms with E-state index in [-0.39, 0.29) is 30.2 Å². The molecule has 118 valence electrons. The average molecular weight is 382 g/mol. The van der Waals surface area contributed by atoms with Gasteiger partial charge in [0.05, 0.1) is 4.47 Å². The third kappa shape index (κ3) is 4.83. The van der Waals surface area contributed by atoms with Gasteiger partial charge in [-0.3, -0.25) is 4.79 Å². The molecule has 1 fully saturated rings. The van der Waals surface area contributed by atoms with E-state index in [9.17, 15) is 9.18 Å². The van der Waals surface area contributed by atoms with Crippen LogP contribution in [-0.2, 0) is 4.79 Å². The van der Waals surface area contributed by atoms with E-state index in [0.29, 0.717) is 23.3 Å². The largest absolute Gasteiger partial charge is 0.480 e. The number of ether oxygens (including phenoxy) is 1. The van der Waals surface area contributed by atoms with Gasteiger partial charge in [-0.15, -0.1) is 12.4 Å². The first kappa shape index (κ1) is 18.2. The van der Waals surface area contributed by atoms with Crippen molar-refractivity contribution in [1.82, 2.24) is 10.2 Å². The lowest BCUT2D eigenvalue weighted by Crippen LogP contribution is -2.54. The molecule has 2 rings (SSSR count). The molecule has 0 saturated carbocycles. The quantitative estimate of drug-likeness (QED) is 0.875. The summed E-state index contributed by atoms with van der Waals surface area (Å²) in [6, 6.07) is 4.44. The summed E-state index contributed by atoms with van der Waals surface area (Å²) in [4.78, 5) is 14.1. The van der Waals surface area contributed by atoms with Crippen molar-refractivity contribution < 1.29 is 13.9 Å². The van der Waals surface area contributed by atoms with Crippen LogP contribution in [0.4, 0.5) is 4.39 Å². The van der Waals surface area contributed by atoms with Crippen LogP contribution in [0.25, 0.3) is 0 Å². The van der Waals surface area contributed by atoms with Gasteiger partial charge in [0.15, 0.2) is 6.10 Å². The van der Waals surface area contributed by atoms with Gasteiger partial charge < -0.3 is 15.0 Å². The van der Waals surface area contributed by atoms with Gasteiger partial charge in [-0.05, 0) is 48.0 Å². The van der Waals surface area contributed by atoms with Gasteiger partial charge in [0.25, 0.3) is 5.91 Å². The second-order valence-corrected chi connectivity index (χ2v) is 5.83. The highest BCUT2D eigenvalue weighted by atomic mass is 79.9. The fourth-order valence-corrected chi connectivity index (χ4v) is 2.65. The fraction of sp³-hybridized carbons (Fsp3) is 0.500. The fourth-order valence-electron chi connectivity index (χ4n) is 2.20. The van der Waals surface area contributed by atoms with E-state index >= 15 is 0 Å². The van der Waals surface area contributed by atoms with Crippen LogP contribution in [0.15, 0.2) is 22.7 Å². The standard InChI is InChI=1S/C14H18BrFN2O2.ClH/c1-9-8-18(6-5-17-9)14(19)10(2)20-13-4-3-11(16)7-12(13)15;/h3-4,7,9-10,17H,5-6,8H2,1-2H3;1H. The molecule has 1 heterocycles. The lowest BCUT2D eigenvalue weighted by molar-refractivity contribution is -0.139. The first-order valence-corrected chi connectivity index (χ1v) is 7.40. The number of carbonyl (C=O) groups excluding carboxylic acids is 1. The number of rotatable bonds is 3. The number of halogens is 3. The summed E-state index contributed by atoms with van der Waals surface area (Å²) in [6.45, 7) is 5.91. The third-order valence-electron chi connectivity index (χ3n) is 3.23. The predicted octanol–water partition coefficient (Wildman–Crippen LogP) is 2.60. The number of nitrogens with one attached hydrogen (secondary N) is 1. The molecule has 1 N–H and O–H groups in total. The number of piperazine rings is 1. The first-order chi connectivity index (χ1) is 9.47. The van der Waals surface area contributed by atoms with Gasteiger partial charge in [-0.1, -0.05) is 0 Å². The Kier molecular flexibility index (Phi) is 6.90. The summed E-state index contributed by atoms with van der Waals surface area (Å²) >= 11 is 3.23. The van der Waals surface area contributed by atoms with E-state index in [2.05, 4.69) is 21.2 Å². The van der Waals surface area contributed by atoms with Crippen LogP contribution in [0.1, 0.15) is 13.8 Å². The molecule has 21 heavy (non-hydrogen) atoms. The summed E-state index contributed by atoms with van der Waals surface area (Å²) in [6.07, 6.45) is -0.595. The van der Waals surface area contributed by atoms with Crippen molar-refractivity contribution in [2.24, 2.45) is 0 Å². The molecule has 1 amide bonds. The minimum absolute atomic E-state index is 0. The molecular weight excluding hydrogens is 363 g/mol. The average Bonchev–Trinajstić information content (AvgIpc) is 2.41. The summed E-state index contributed by atoms with van der Waals surface area (Å²) in [7, 11) is 0. The van der Waals surface area contributed by atoms with E-state index in [1.165, 1.54) is 18.2 Å². The van der Waals surface area contributed by atoms with E-state index in [0.717, 1.165) is 6.54 Å². The second kappa shape index (κ2) is 7.96. The van der Waals surface area contributed by atoms with Gasteiger partial charge in [0.2, 0.25) is 0 Å². The van der Waals surface area contributed by atoms with Crippen molar-refractivity contribution in [3.8, 4) is 5.75 Å². The maximum Gasteiger partial charge on any atom is 0.263 e. The molecule has 7 heteroatoms. The number of hydrogen-bond donors (Lipinski definition) is 1. The Bertz CT molecular complexity index is 504. The van der Waals surface area contributed by atoms with Crippen LogP contribution in [0.2, 0.25) is 0 Å². The Morgan fingerprint density at radius 3 is 2.90 bits per heavy atom. The Balaban J connectivity index is 0.00000220. The van der Waals surface area contributed by atoms with Crippen LogP contribution in [0, 0.1) is 5.82 Å². The SMILES string of the molecule is CC1CN(C(=O)C(C)Oc2ccc(F)cc2Br)CCN1.Cl. The van der Waals surface area contributed by atoms with Gasteiger partial charge in [-0.2, -0.15) is 0 Å². The maximum absolute atomic E-state index is 13.0. The molecule has 2 unspecified atom stereocenters. The zero-order valence-corrected chi connectivity index (χ0v) is 14.3. The zero-order chi connectivity index (χ0) is 14.7. The minimum atomic E-state index is -0.595. The maximum atomic E-state index is 13.0. The topological polar surface area (TPSA) is 41.6 Å². The highest BCUT2D eigenvalue weighted by Crippen LogP contribution is 2.26. The normalized spacial score (nSPS) is 19.6. The Morgan fingerprint density at radius 2 is 2.29 bits per heavy atom. The molecule has 1 aromatic rings. The Hall–Kier alpha value is -0.850. The van der Waals surface area contributed by atoms with Crippen LogP contribution in [0.5, 0.6) is 5.75 Å². The lowest BCUT2D eigenvalue weighted by Gasteiger charge is -2.33. The molecule has 0 aliphatic carbocycles. The zero-order valence-electron chi connectivity index (χ0n) is 11.9. The van der Waals surface area contributed by atoms with Crippen molar-refractivity contribution in [1.29, 1.82) is 0 Å². The van der Waals surface area contributed by atoms with E-state index in [1.807, 2.05) is 6.92 Å². The smallest absolute Gasteiger partial charge is 0.263 e. The molecule has 0 radical (unpaired) electrons. The number of benzene rings is 1. The van der Waals surface area contributed by atoms with Gasteiger partial charge in [-0.25, -0.2) is 4.39 Å². The molecule has 1 aromatic carbocycles. The monoisotopic (exact) mass is 380 g/mol. The molecule has 1 aliphatic rings. The first-order valence-electron chi connectivity index (χ1n) is 6.61. The van der Waals surface area contributed by atoms with Gasteiger partial charge in [0.1, 0.15) is 11.6 Å². The van der Waals surface area contributed by atoms with Crippen LogP contribution in [-0.4, -0.2) is 42.6 Å². The summed E-state index contributed by atoms with van der Waals surface area (Å²) in [5, 5.41) is 3.29. The van der Waals surface area contributed by atoms with Crippen LogP contribution < -0.4 is 10.1 Å². The second-order valence-electron chi connectivity index (χ2n) is 4.97. The molecule has 0 spiro atoms. The lowest BCUT2D eigenvalue weighted by atomic mass is 10.2. The molecule has 4 nitrogen and oxygen atoms in total. The third-order valence-corrected chi connectivity index (χ3v) is 3.85. The van der Waals surface area contributed by atoms with Crippen molar-refractivity contribution in [3.63, 3.8) is 0 Å². The number of carbonyl (C=O) groups is 1. The molecule has 1 aliphatic heterocycles. The minimum Gasteiger partial charge on any atom is -0.480 e. The number of hydrogen-bond acceptors (Lipinski definition) is 3. The van der Waals surface area contributed by atoms with Gasteiger partial charge >= 0.3 is 0 Å². The summed E-state index contributed by atoms with van der Waals surface area (Å²) in [5.74, 6) is 0.0733. The Morgan fingerprint density at radius 1 is 1.57 bits per heavy atom. The Labute approximate surface area is 138 Å². The highest BCUT2D eigenvalue weighted by Gasteiger charge is 2.26. The summed E-state index contributed by atoms with van der Waals surface area (Å²) < 4.78 is 19.1. The molecule has 2 atom stereocenters. The van der Waals surface area contributed by atoms with Crippen LogP contribution in [0.3, 0.4) is 0 Å². The molecule has 1 saturated heterocycles. The number of nitrogens with zero attached hydrogens (tertiary/aromatic N) is 1. The van der Waals surface area contributed by atoms with E-state index in [4.69, 9.17) is 4.74 Å². The van der Waals surface area contributed by atoms with Crippen LogP contribution >= 0.6 is 28.3 Å². The summed E-state index contributed by atoms with van der Waals surface area (Å²) in [5.41, 5.74) is 0. The van der Waals surface area contributed by atoms with Crippen molar-refractivity contribution in [2.45, 2.75) is 26.0 Å². The predicted molar refractivity (Wildman–Crippen MR) is 85.5 cm³/mol. The van der Waals surface area contributed by atoms with Crippen molar-refractivity contribution in [2.75, 3.05) is 19.6 Å². The number of amides is 1. The van der Waals surface area contributed by atoms with Gasteiger partial charge in [0, 0.05) is 25.7 Å². The van der Waals surface area contributed by atoms with Crippen molar-refractivity contribution >= 4 is 34.2 Å². The van der Waals surface area contributed by atoms with E-state index in [1.54, 1.807) is 11.8 Å². The van der Waals surface area contributed by atoms with E-state index < -0.39 is 6.10 Å². The highest BCUT2D eigenvalue weighted by molar-refractivity contribution is 9.10. The van der Waals surface area contributed by atoms with Crippen molar-refractivity contribution in [3.05, 3.63) is 28.5 Å². The molecule has 0 bridgehead atoms. The molecule has 0 aromatic heterocycles.